The van der Waals surface area contributed by atoms with Gasteiger partial charge in [-0.25, -0.2) is 0 Å². The second-order valence-electron chi connectivity index (χ2n) is 10.4. The van der Waals surface area contributed by atoms with Gasteiger partial charge in [0.1, 0.15) is 0 Å². The van der Waals surface area contributed by atoms with Crippen molar-refractivity contribution in [1.82, 2.24) is 39.9 Å². The number of benzene rings is 4. The fourth-order valence-electron chi connectivity index (χ4n) is 5.83. The molecule has 0 fully saturated rings. The molecule has 0 atom stereocenters. The summed E-state index contributed by atoms with van der Waals surface area (Å²) < 4.78 is 29.4. The van der Waals surface area contributed by atoms with Crippen molar-refractivity contribution in [2.24, 2.45) is 0 Å². The Hall–Kier alpha value is -4.52. The van der Waals surface area contributed by atoms with Gasteiger partial charge < -0.3 is 0 Å². The Labute approximate surface area is 289 Å². The fourth-order valence-corrected chi connectivity index (χ4v) is 6.44. The van der Waals surface area contributed by atoms with Gasteiger partial charge in [0.05, 0.1) is 0 Å². The second-order valence-corrected chi connectivity index (χ2v) is 12.7. The molecule has 0 aliphatic carbocycles. The van der Waals surface area contributed by atoms with Crippen LogP contribution in [0.1, 0.15) is 0 Å². The SMILES string of the molecule is O=[S](=O)([Ni])Oc1cccc2c3nc4nc(nc5[nH]c(nc6nc(nc([nH]3)c12)-c1ccccc1-6)c1ccccc51)-c1ccccc1-4.[NaH]. The van der Waals surface area contributed by atoms with Crippen LogP contribution in [0, 0.1) is 0 Å². The first-order chi connectivity index (χ1) is 21.9. The Balaban J connectivity index is 0.00000312. The molecular formula is C32H18N8NaNiO3S. The number of nitrogens with zero attached hydrogens (tertiary/aromatic N) is 6. The first kappa shape index (κ1) is 28.9. The van der Waals surface area contributed by atoms with Crippen LogP contribution in [0.4, 0.5) is 0 Å². The van der Waals surface area contributed by atoms with Gasteiger partial charge in [-0.3, -0.25) is 0 Å². The van der Waals surface area contributed by atoms with Crippen molar-refractivity contribution in [3.8, 4) is 51.3 Å². The number of aromatic nitrogens is 8. The monoisotopic (exact) mass is 675 g/mol. The first-order valence-corrected chi connectivity index (χ1v) is 16.2. The van der Waals surface area contributed by atoms with Crippen molar-refractivity contribution < 1.29 is 27.0 Å². The summed E-state index contributed by atoms with van der Waals surface area (Å²) in [6, 6.07) is 28.2. The van der Waals surface area contributed by atoms with Gasteiger partial charge in [-0.1, -0.05) is 24.3 Å². The van der Waals surface area contributed by atoms with E-state index in [0.717, 1.165) is 33.0 Å². The molecule has 0 unspecified atom stereocenters. The average Bonchev–Trinajstić information content (AvgIpc) is 3.76. The van der Waals surface area contributed by atoms with Gasteiger partial charge in [-0.05, 0) is 0 Å². The fraction of sp³-hybridized carbons (Fsp3) is 0. The molecule has 2 N–H and O–H groups in total. The molecule has 0 radical (unpaired) electrons. The van der Waals surface area contributed by atoms with E-state index in [1.807, 2.05) is 72.8 Å². The first-order valence-electron chi connectivity index (χ1n) is 13.7. The minimum absolute atomic E-state index is 0. The van der Waals surface area contributed by atoms with Crippen molar-refractivity contribution in [2.45, 2.75) is 0 Å². The summed E-state index contributed by atoms with van der Waals surface area (Å²) in [6.07, 6.45) is 0. The molecule has 5 heterocycles. The minimum atomic E-state index is -4.23. The van der Waals surface area contributed by atoms with E-state index in [0.29, 0.717) is 56.7 Å². The van der Waals surface area contributed by atoms with Crippen LogP contribution >= 0.6 is 0 Å². The van der Waals surface area contributed by atoms with E-state index in [2.05, 4.69) is 24.3 Å². The summed E-state index contributed by atoms with van der Waals surface area (Å²) in [4.78, 5) is 36.1. The average molecular weight is 676 g/mol. The Morgan fingerprint density at radius 1 is 0.500 bits per heavy atom. The van der Waals surface area contributed by atoms with Crippen LogP contribution in [-0.2, 0) is 23.0 Å². The third-order valence-corrected chi connectivity index (χ3v) is 8.34. The summed E-state index contributed by atoms with van der Waals surface area (Å²) in [5.41, 5.74) is 5.03. The Morgan fingerprint density at radius 3 is 1.37 bits per heavy atom. The van der Waals surface area contributed by atoms with E-state index < -0.39 is 8.64 Å². The normalized spacial score (nSPS) is 12.0. The predicted molar refractivity (Wildman–Crippen MR) is 173 cm³/mol. The van der Waals surface area contributed by atoms with Gasteiger partial charge in [-0.2, -0.15) is 0 Å². The molecule has 221 valence electrons. The van der Waals surface area contributed by atoms with Crippen LogP contribution in [0.15, 0.2) is 91.0 Å². The maximum atomic E-state index is 12.1. The number of fused-ring (bicyclic) bond motifs is 20. The number of H-pyrrole nitrogens is 2. The molecule has 3 aromatic heterocycles. The summed E-state index contributed by atoms with van der Waals surface area (Å²) in [5.74, 6) is 1.77. The van der Waals surface area contributed by atoms with Crippen LogP contribution in [-0.4, -0.2) is 77.8 Å². The zero-order chi connectivity index (χ0) is 30.3. The molecule has 8 bridgehead atoms. The number of hydrogen-bond donors (Lipinski definition) is 2. The van der Waals surface area contributed by atoms with E-state index in [-0.39, 0.29) is 35.3 Å². The zero-order valence-corrected chi connectivity index (χ0v) is 24.6. The third-order valence-electron chi connectivity index (χ3n) is 7.73. The molecule has 7 aromatic rings. The van der Waals surface area contributed by atoms with Crippen LogP contribution in [0.3, 0.4) is 0 Å². The molecule has 9 rings (SSSR count). The molecule has 0 spiro atoms. The van der Waals surface area contributed by atoms with Gasteiger partial charge in [0.2, 0.25) is 0 Å². The molecular weight excluding hydrogens is 658 g/mol. The second kappa shape index (κ2) is 10.8. The van der Waals surface area contributed by atoms with Crippen LogP contribution in [0.2, 0.25) is 0 Å². The molecule has 2 aliphatic rings. The van der Waals surface area contributed by atoms with E-state index in [1.54, 1.807) is 12.1 Å². The summed E-state index contributed by atoms with van der Waals surface area (Å²) >= 11 is 4.21. The van der Waals surface area contributed by atoms with Gasteiger partial charge in [0.15, 0.2) is 0 Å². The summed E-state index contributed by atoms with van der Waals surface area (Å²) in [5, 5.41) is 2.70. The van der Waals surface area contributed by atoms with Crippen molar-refractivity contribution in [3.63, 3.8) is 0 Å². The Kier molecular flexibility index (Phi) is 6.78. The van der Waals surface area contributed by atoms with Gasteiger partial charge in [0, 0.05) is 5.39 Å². The number of hydrogen-bond acceptors (Lipinski definition) is 9. The number of rotatable bonds is 2. The number of nitrogens with one attached hydrogen (secondary N) is 2. The van der Waals surface area contributed by atoms with Gasteiger partial charge in [0.25, 0.3) is 0 Å². The standard InChI is InChI=1S/C32H17N8O3S.Na.Ni.H/c41-44(42)43-23-15-7-14-22-24(23)32-39-30-21-13-6-5-12-20(21)28(37-30)35-26-17-9-2-1-8-16(17)25(33-26)34-27-18-10-3-4-11-19(18)29(36-27)38-31(22)40-32;;;/h1-15H,(H2,33,34,35,36,37,38,39,40);;;. The van der Waals surface area contributed by atoms with E-state index in [1.165, 1.54) is 6.07 Å². The van der Waals surface area contributed by atoms with Crippen molar-refractivity contribution in [1.29, 1.82) is 0 Å². The molecule has 4 aromatic carbocycles. The Morgan fingerprint density at radius 2 is 0.891 bits per heavy atom. The van der Waals surface area contributed by atoms with Crippen LogP contribution < -0.4 is 4.18 Å². The Bertz CT molecular complexity index is 2690. The molecule has 0 saturated heterocycles. The summed E-state index contributed by atoms with van der Waals surface area (Å²) in [6.45, 7) is 0. The van der Waals surface area contributed by atoms with Gasteiger partial charge in [-0.15, -0.1) is 0 Å². The van der Waals surface area contributed by atoms with E-state index in [9.17, 15) is 8.42 Å². The van der Waals surface area contributed by atoms with Crippen molar-refractivity contribution >= 4 is 82.3 Å². The van der Waals surface area contributed by atoms with Crippen LogP contribution in [0.25, 0.3) is 89.7 Å². The number of aromatic amines is 2. The summed E-state index contributed by atoms with van der Waals surface area (Å²) in [7, 11) is -4.23. The van der Waals surface area contributed by atoms with E-state index >= 15 is 0 Å². The zero-order valence-electron chi connectivity index (χ0n) is 22.8. The predicted octanol–water partition coefficient (Wildman–Crippen LogP) is 5.39. The third kappa shape index (κ3) is 4.70. The molecule has 2 aliphatic heterocycles. The molecule has 46 heavy (non-hydrogen) atoms. The van der Waals surface area contributed by atoms with E-state index in [4.69, 9.17) is 34.1 Å². The molecule has 0 amide bonds. The van der Waals surface area contributed by atoms with Crippen molar-refractivity contribution in [3.05, 3.63) is 91.0 Å². The van der Waals surface area contributed by atoms with Crippen LogP contribution in [0.5, 0.6) is 5.75 Å². The maximum absolute atomic E-state index is 12.1. The quantitative estimate of drug-likeness (QED) is 0.230. The van der Waals surface area contributed by atoms with Gasteiger partial charge >= 0.3 is 262 Å². The molecule has 0 saturated carbocycles. The van der Waals surface area contributed by atoms with Crippen molar-refractivity contribution in [2.75, 3.05) is 0 Å². The topological polar surface area (TPSA) is 152 Å². The molecule has 14 heteroatoms. The molecule has 11 nitrogen and oxygen atoms in total.